The summed E-state index contributed by atoms with van der Waals surface area (Å²) >= 11 is 3.03. The number of methoxy groups -OCH3 is 1. The highest BCUT2D eigenvalue weighted by molar-refractivity contribution is 7.98. The second-order valence-corrected chi connectivity index (χ2v) is 8.68. The minimum absolute atomic E-state index is 0.0739. The molecule has 0 atom stereocenters. The van der Waals surface area contributed by atoms with Gasteiger partial charge in [-0.25, -0.2) is 4.98 Å². The average Bonchev–Trinajstić information content (AvgIpc) is 3.43. The number of carbonyl (C=O) groups is 1. The number of ether oxygens (including phenoxy) is 1. The maximum Gasteiger partial charge on any atom is 0.231 e. The highest BCUT2D eigenvalue weighted by atomic mass is 32.2. The largest absolute Gasteiger partial charge is 0.497 e. The smallest absolute Gasteiger partial charge is 0.231 e. The van der Waals surface area contributed by atoms with Crippen LogP contribution in [0, 0.1) is 6.92 Å². The van der Waals surface area contributed by atoms with Crippen LogP contribution < -0.4 is 10.1 Å². The standard InChI is InChI=1S/C22H21N5O2S2/c1-15-6-8-16(9-7-15)24-20(28)11-21-25-17(12-30-21)13-31-22-26-23-14-27(22)18-4-3-5-19(10-18)29-2/h3-10,12,14H,11,13H2,1-2H3,(H,24,28). The zero-order valence-electron chi connectivity index (χ0n) is 17.1. The van der Waals surface area contributed by atoms with Crippen LogP contribution in [0.5, 0.6) is 5.75 Å². The van der Waals surface area contributed by atoms with Crippen molar-refractivity contribution in [1.29, 1.82) is 0 Å². The molecule has 2 aromatic heterocycles. The van der Waals surface area contributed by atoms with Gasteiger partial charge in [0.1, 0.15) is 17.1 Å². The molecular formula is C22H21N5O2S2. The molecule has 0 saturated heterocycles. The lowest BCUT2D eigenvalue weighted by Crippen LogP contribution is -2.14. The third-order valence-electron chi connectivity index (χ3n) is 4.44. The summed E-state index contributed by atoms with van der Waals surface area (Å²) in [6.07, 6.45) is 1.93. The van der Waals surface area contributed by atoms with E-state index in [0.717, 1.165) is 38.5 Å². The Morgan fingerprint density at radius 2 is 2.06 bits per heavy atom. The van der Waals surface area contributed by atoms with E-state index >= 15 is 0 Å². The lowest BCUT2D eigenvalue weighted by Gasteiger charge is -2.07. The highest BCUT2D eigenvalue weighted by Gasteiger charge is 2.12. The minimum Gasteiger partial charge on any atom is -0.497 e. The van der Waals surface area contributed by atoms with Crippen molar-refractivity contribution in [1.82, 2.24) is 19.7 Å². The van der Waals surface area contributed by atoms with Gasteiger partial charge >= 0.3 is 0 Å². The molecule has 0 aliphatic heterocycles. The zero-order chi connectivity index (χ0) is 21.6. The van der Waals surface area contributed by atoms with Gasteiger partial charge < -0.3 is 10.1 Å². The molecule has 2 heterocycles. The molecule has 0 fully saturated rings. The van der Waals surface area contributed by atoms with Crippen LogP contribution in [0.25, 0.3) is 5.69 Å². The summed E-state index contributed by atoms with van der Waals surface area (Å²) in [7, 11) is 1.64. The first-order chi connectivity index (χ1) is 15.1. The van der Waals surface area contributed by atoms with E-state index < -0.39 is 0 Å². The molecule has 4 aromatic rings. The number of benzene rings is 2. The number of amides is 1. The number of thioether (sulfide) groups is 1. The lowest BCUT2D eigenvalue weighted by molar-refractivity contribution is -0.115. The third-order valence-corrected chi connectivity index (χ3v) is 6.32. The van der Waals surface area contributed by atoms with Crippen molar-refractivity contribution in [2.45, 2.75) is 24.3 Å². The lowest BCUT2D eigenvalue weighted by atomic mass is 10.2. The first-order valence-corrected chi connectivity index (χ1v) is 11.4. The Hall–Kier alpha value is -3.17. The molecule has 1 N–H and O–H groups in total. The summed E-state index contributed by atoms with van der Waals surface area (Å²) in [6, 6.07) is 15.5. The van der Waals surface area contributed by atoms with E-state index in [1.54, 1.807) is 25.2 Å². The van der Waals surface area contributed by atoms with Crippen LogP contribution in [0.1, 0.15) is 16.3 Å². The SMILES string of the molecule is COc1cccc(-n2cnnc2SCc2csc(CC(=O)Nc3ccc(C)cc3)n2)c1. The molecule has 0 bridgehead atoms. The van der Waals surface area contributed by atoms with Gasteiger partial charge in [-0.2, -0.15) is 0 Å². The third kappa shape index (κ3) is 5.50. The van der Waals surface area contributed by atoms with E-state index in [0.29, 0.717) is 5.75 Å². The van der Waals surface area contributed by atoms with Crippen molar-refractivity contribution in [3.05, 3.63) is 76.5 Å². The molecule has 7 nitrogen and oxygen atoms in total. The van der Waals surface area contributed by atoms with Gasteiger partial charge in [0.15, 0.2) is 5.16 Å². The van der Waals surface area contributed by atoms with Crippen molar-refractivity contribution in [2.24, 2.45) is 0 Å². The van der Waals surface area contributed by atoms with Crippen molar-refractivity contribution in [3.63, 3.8) is 0 Å². The Balaban J connectivity index is 1.35. The quantitative estimate of drug-likeness (QED) is 0.397. The van der Waals surface area contributed by atoms with Crippen molar-refractivity contribution in [3.8, 4) is 11.4 Å². The van der Waals surface area contributed by atoms with Gasteiger partial charge in [0, 0.05) is 22.9 Å². The number of nitrogens with one attached hydrogen (secondary N) is 1. The predicted octanol–water partition coefficient (Wildman–Crippen LogP) is 4.51. The summed E-state index contributed by atoms with van der Waals surface area (Å²) < 4.78 is 7.21. The molecule has 158 valence electrons. The second-order valence-electron chi connectivity index (χ2n) is 6.80. The van der Waals surface area contributed by atoms with E-state index in [4.69, 9.17) is 4.74 Å². The van der Waals surface area contributed by atoms with Gasteiger partial charge in [0.2, 0.25) is 5.91 Å². The number of hydrogen-bond donors (Lipinski definition) is 1. The summed E-state index contributed by atoms with van der Waals surface area (Å²) in [5.74, 6) is 1.34. The summed E-state index contributed by atoms with van der Waals surface area (Å²) in [6.45, 7) is 2.01. The van der Waals surface area contributed by atoms with Gasteiger partial charge in [-0.15, -0.1) is 21.5 Å². The van der Waals surface area contributed by atoms with E-state index in [9.17, 15) is 4.79 Å². The molecule has 1 amide bonds. The summed E-state index contributed by atoms with van der Waals surface area (Å²) in [5, 5.41) is 14.7. The molecule has 31 heavy (non-hydrogen) atoms. The van der Waals surface area contributed by atoms with Crippen LogP contribution in [0.15, 0.2) is 65.4 Å². The first kappa shape index (κ1) is 21.1. The number of rotatable bonds is 8. The van der Waals surface area contributed by atoms with E-state index in [2.05, 4.69) is 20.5 Å². The number of aryl methyl sites for hydroxylation is 1. The molecule has 0 spiro atoms. The van der Waals surface area contributed by atoms with Crippen LogP contribution in [-0.4, -0.2) is 32.8 Å². The molecule has 0 unspecified atom stereocenters. The van der Waals surface area contributed by atoms with Crippen molar-refractivity contribution in [2.75, 3.05) is 12.4 Å². The van der Waals surface area contributed by atoms with Gasteiger partial charge in [0.25, 0.3) is 0 Å². The summed E-state index contributed by atoms with van der Waals surface area (Å²) in [5.41, 5.74) is 3.79. The van der Waals surface area contributed by atoms with Crippen molar-refractivity contribution >= 4 is 34.7 Å². The fraction of sp³-hybridized carbons (Fsp3) is 0.182. The van der Waals surface area contributed by atoms with E-state index in [1.807, 2.05) is 65.4 Å². The molecule has 4 rings (SSSR count). The number of carbonyl (C=O) groups excluding carboxylic acids is 1. The number of hydrogen-bond acceptors (Lipinski definition) is 7. The first-order valence-electron chi connectivity index (χ1n) is 9.58. The van der Waals surface area contributed by atoms with Gasteiger partial charge in [-0.05, 0) is 31.2 Å². The fourth-order valence-electron chi connectivity index (χ4n) is 2.87. The monoisotopic (exact) mass is 451 g/mol. The summed E-state index contributed by atoms with van der Waals surface area (Å²) in [4.78, 5) is 16.9. The van der Waals surface area contributed by atoms with Crippen LogP contribution in [0.3, 0.4) is 0 Å². The highest BCUT2D eigenvalue weighted by Crippen LogP contribution is 2.26. The molecule has 9 heteroatoms. The number of nitrogens with zero attached hydrogens (tertiary/aromatic N) is 4. The van der Waals surface area contributed by atoms with E-state index in [1.165, 1.54) is 11.3 Å². The fourth-order valence-corrected chi connectivity index (χ4v) is 4.59. The second kappa shape index (κ2) is 9.76. The Labute approximate surface area is 188 Å². The van der Waals surface area contributed by atoms with Crippen LogP contribution in [0.2, 0.25) is 0 Å². The topological polar surface area (TPSA) is 81.9 Å². The van der Waals surface area contributed by atoms with Crippen molar-refractivity contribution < 1.29 is 9.53 Å². The van der Waals surface area contributed by atoms with Gasteiger partial charge in [-0.1, -0.05) is 35.5 Å². The number of thiazole rings is 1. The molecule has 0 aliphatic rings. The zero-order valence-corrected chi connectivity index (χ0v) is 18.7. The molecule has 0 radical (unpaired) electrons. The predicted molar refractivity (Wildman–Crippen MR) is 123 cm³/mol. The van der Waals surface area contributed by atoms with Crippen LogP contribution in [-0.2, 0) is 17.0 Å². The average molecular weight is 452 g/mol. The van der Waals surface area contributed by atoms with Crippen LogP contribution >= 0.6 is 23.1 Å². The maximum atomic E-state index is 12.3. The Morgan fingerprint density at radius 1 is 1.23 bits per heavy atom. The minimum atomic E-state index is -0.0739. The Bertz CT molecular complexity index is 1170. The molecule has 0 saturated carbocycles. The Kier molecular flexibility index (Phi) is 6.63. The molecule has 2 aromatic carbocycles. The molecular weight excluding hydrogens is 430 g/mol. The van der Waals surface area contributed by atoms with Gasteiger partial charge in [-0.3, -0.25) is 9.36 Å². The normalized spacial score (nSPS) is 10.8. The maximum absolute atomic E-state index is 12.3. The van der Waals surface area contributed by atoms with Crippen LogP contribution in [0.4, 0.5) is 5.69 Å². The van der Waals surface area contributed by atoms with E-state index in [-0.39, 0.29) is 12.3 Å². The molecule has 0 aliphatic carbocycles. The van der Waals surface area contributed by atoms with Gasteiger partial charge in [0.05, 0.1) is 24.9 Å². The Morgan fingerprint density at radius 3 is 2.87 bits per heavy atom. The number of aromatic nitrogens is 4. The number of anilines is 1.